The maximum atomic E-state index is 13.2. The van der Waals surface area contributed by atoms with Gasteiger partial charge in [0.25, 0.3) is 0 Å². The van der Waals surface area contributed by atoms with E-state index in [4.69, 9.17) is 4.74 Å². The van der Waals surface area contributed by atoms with Gasteiger partial charge < -0.3 is 4.74 Å². The second kappa shape index (κ2) is 6.46. The molecule has 1 heterocycles. The molecule has 2 aliphatic rings. The maximum absolute atomic E-state index is 13.2. The lowest BCUT2D eigenvalue weighted by molar-refractivity contribution is 0.394. The quantitative estimate of drug-likeness (QED) is 0.838. The molecule has 4 rings (SSSR count). The predicted octanol–water partition coefficient (Wildman–Crippen LogP) is 3.71. The summed E-state index contributed by atoms with van der Waals surface area (Å²) in [5.74, 6) is 0.787. The summed E-state index contributed by atoms with van der Waals surface area (Å²) >= 11 is 0. The van der Waals surface area contributed by atoms with Crippen molar-refractivity contribution in [2.75, 3.05) is 13.7 Å². The zero-order valence-corrected chi connectivity index (χ0v) is 15.3. The molecule has 0 amide bonds. The Morgan fingerprint density at radius 3 is 2.52 bits per heavy atom. The molecule has 0 saturated carbocycles. The second-order valence-electron chi connectivity index (χ2n) is 6.83. The van der Waals surface area contributed by atoms with Gasteiger partial charge in [-0.15, -0.1) is 0 Å². The number of sulfonamides is 1. The monoisotopic (exact) mass is 357 g/mol. The molecule has 1 atom stereocenters. The Balaban J connectivity index is 1.66. The molecule has 132 valence electrons. The second-order valence-corrected chi connectivity index (χ2v) is 8.72. The smallest absolute Gasteiger partial charge is 0.243 e. The molecule has 25 heavy (non-hydrogen) atoms. The van der Waals surface area contributed by atoms with Gasteiger partial charge >= 0.3 is 0 Å². The van der Waals surface area contributed by atoms with Gasteiger partial charge in [0.15, 0.2) is 0 Å². The highest BCUT2D eigenvalue weighted by atomic mass is 32.2. The van der Waals surface area contributed by atoms with Crippen molar-refractivity contribution in [1.82, 2.24) is 4.31 Å². The molecule has 2 aromatic rings. The molecule has 1 saturated heterocycles. The van der Waals surface area contributed by atoms with Crippen LogP contribution in [0.25, 0.3) is 0 Å². The molecule has 0 bridgehead atoms. The van der Waals surface area contributed by atoms with Gasteiger partial charge in [-0.25, -0.2) is 8.42 Å². The van der Waals surface area contributed by atoms with E-state index in [1.165, 1.54) is 11.1 Å². The summed E-state index contributed by atoms with van der Waals surface area (Å²) in [7, 11) is -1.84. The van der Waals surface area contributed by atoms with Crippen LogP contribution in [0.1, 0.15) is 42.0 Å². The highest BCUT2D eigenvalue weighted by molar-refractivity contribution is 7.89. The standard InChI is InChI=1S/C20H23NO3S/c1-24-18-10-7-16(8-11-18)20-6-3-13-21(20)25(22,23)19-12-9-15-4-2-5-17(15)14-19/h7-12,14,20H,2-6,13H2,1H3. The number of hydrogen-bond acceptors (Lipinski definition) is 3. The average molecular weight is 357 g/mol. The summed E-state index contributed by atoms with van der Waals surface area (Å²) in [6.45, 7) is 0.579. The minimum absolute atomic E-state index is 0.0934. The lowest BCUT2D eigenvalue weighted by Crippen LogP contribution is -2.30. The van der Waals surface area contributed by atoms with Crippen LogP contribution >= 0.6 is 0 Å². The molecule has 2 aromatic carbocycles. The molecule has 1 aliphatic heterocycles. The number of fused-ring (bicyclic) bond motifs is 1. The Hall–Kier alpha value is -1.85. The minimum atomic E-state index is -3.47. The van der Waals surface area contributed by atoms with Gasteiger partial charge in [0.05, 0.1) is 18.0 Å². The largest absolute Gasteiger partial charge is 0.497 e. The molecular formula is C20H23NO3S. The zero-order valence-electron chi connectivity index (χ0n) is 14.4. The van der Waals surface area contributed by atoms with Gasteiger partial charge in [-0.05, 0) is 73.1 Å². The Kier molecular flexibility index (Phi) is 4.29. The molecule has 4 nitrogen and oxygen atoms in total. The Morgan fingerprint density at radius 2 is 1.76 bits per heavy atom. The third-order valence-electron chi connectivity index (χ3n) is 5.38. The first kappa shape index (κ1) is 16.6. The first-order chi connectivity index (χ1) is 12.1. The minimum Gasteiger partial charge on any atom is -0.497 e. The third kappa shape index (κ3) is 2.96. The molecule has 1 unspecified atom stereocenters. The van der Waals surface area contributed by atoms with Crippen molar-refractivity contribution >= 4 is 10.0 Å². The Labute approximate surface area is 149 Å². The fourth-order valence-corrected chi connectivity index (χ4v) is 5.76. The van der Waals surface area contributed by atoms with Crippen LogP contribution in [0.15, 0.2) is 47.4 Å². The van der Waals surface area contributed by atoms with E-state index in [9.17, 15) is 8.42 Å². The number of aryl methyl sites for hydroxylation is 2. The first-order valence-electron chi connectivity index (χ1n) is 8.87. The zero-order chi connectivity index (χ0) is 17.4. The van der Waals surface area contributed by atoms with Crippen LogP contribution in [0.2, 0.25) is 0 Å². The van der Waals surface area contributed by atoms with Gasteiger partial charge in [-0.3, -0.25) is 0 Å². The maximum Gasteiger partial charge on any atom is 0.243 e. The summed E-state index contributed by atoms with van der Waals surface area (Å²) in [5, 5.41) is 0. The number of methoxy groups -OCH3 is 1. The summed E-state index contributed by atoms with van der Waals surface area (Å²) in [6.07, 6.45) is 4.92. The van der Waals surface area contributed by atoms with Crippen LogP contribution in [-0.4, -0.2) is 26.4 Å². The van der Waals surface area contributed by atoms with E-state index in [2.05, 4.69) is 0 Å². The highest BCUT2D eigenvalue weighted by Gasteiger charge is 2.36. The van der Waals surface area contributed by atoms with Gasteiger partial charge in [0, 0.05) is 6.54 Å². The molecule has 0 spiro atoms. The number of nitrogens with zero attached hydrogens (tertiary/aromatic N) is 1. The van der Waals surface area contributed by atoms with Crippen molar-refractivity contribution in [2.24, 2.45) is 0 Å². The highest BCUT2D eigenvalue weighted by Crippen LogP contribution is 2.37. The van der Waals surface area contributed by atoms with E-state index in [1.807, 2.05) is 36.4 Å². The molecule has 0 radical (unpaired) electrons. The molecule has 1 aliphatic carbocycles. The number of benzene rings is 2. The van der Waals surface area contributed by atoms with E-state index >= 15 is 0 Å². The Bertz CT molecular complexity index is 874. The number of hydrogen-bond donors (Lipinski definition) is 0. The van der Waals surface area contributed by atoms with Crippen LogP contribution in [0.5, 0.6) is 5.75 Å². The van der Waals surface area contributed by atoms with Crippen LogP contribution in [0.4, 0.5) is 0 Å². The Morgan fingerprint density at radius 1 is 1.00 bits per heavy atom. The van der Waals surface area contributed by atoms with Crippen molar-refractivity contribution in [2.45, 2.75) is 43.0 Å². The van der Waals surface area contributed by atoms with E-state index in [0.29, 0.717) is 11.4 Å². The fraction of sp³-hybridized carbons (Fsp3) is 0.400. The molecule has 5 heteroatoms. The lowest BCUT2D eigenvalue weighted by Gasteiger charge is -2.25. The average Bonchev–Trinajstić information content (AvgIpc) is 3.30. The molecule has 0 N–H and O–H groups in total. The predicted molar refractivity (Wildman–Crippen MR) is 97.3 cm³/mol. The fourth-order valence-electron chi connectivity index (χ4n) is 4.03. The van der Waals surface area contributed by atoms with Crippen LogP contribution < -0.4 is 4.74 Å². The van der Waals surface area contributed by atoms with Crippen molar-refractivity contribution in [3.63, 3.8) is 0 Å². The summed E-state index contributed by atoms with van der Waals surface area (Å²) < 4.78 is 33.4. The van der Waals surface area contributed by atoms with E-state index in [-0.39, 0.29) is 6.04 Å². The number of rotatable bonds is 4. The van der Waals surface area contributed by atoms with Crippen LogP contribution in [0, 0.1) is 0 Å². The van der Waals surface area contributed by atoms with Crippen molar-refractivity contribution in [3.8, 4) is 5.75 Å². The van der Waals surface area contributed by atoms with Crippen molar-refractivity contribution in [1.29, 1.82) is 0 Å². The first-order valence-corrected chi connectivity index (χ1v) is 10.3. The summed E-state index contributed by atoms with van der Waals surface area (Å²) in [6, 6.07) is 13.3. The van der Waals surface area contributed by atoms with Gasteiger partial charge in [-0.1, -0.05) is 18.2 Å². The molecule has 1 fully saturated rings. The topological polar surface area (TPSA) is 46.6 Å². The number of ether oxygens (including phenoxy) is 1. The van der Waals surface area contributed by atoms with Crippen LogP contribution in [0.3, 0.4) is 0 Å². The summed E-state index contributed by atoms with van der Waals surface area (Å²) in [5.41, 5.74) is 3.52. The van der Waals surface area contributed by atoms with Gasteiger partial charge in [-0.2, -0.15) is 4.31 Å². The third-order valence-corrected chi connectivity index (χ3v) is 7.28. The SMILES string of the molecule is COc1ccc(C2CCCN2S(=O)(=O)c2ccc3c(c2)CCC3)cc1. The van der Waals surface area contributed by atoms with Gasteiger partial charge in [0.2, 0.25) is 10.0 Å². The van der Waals surface area contributed by atoms with E-state index < -0.39 is 10.0 Å². The van der Waals surface area contributed by atoms with Crippen LogP contribution in [-0.2, 0) is 22.9 Å². The molecule has 0 aromatic heterocycles. The van der Waals surface area contributed by atoms with E-state index in [1.54, 1.807) is 17.5 Å². The molecular weight excluding hydrogens is 334 g/mol. The normalized spacial score (nSPS) is 20.6. The summed E-state index contributed by atoms with van der Waals surface area (Å²) in [4.78, 5) is 0.438. The van der Waals surface area contributed by atoms with Crippen molar-refractivity contribution < 1.29 is 13.2 Å². The van der Waals surface area contributed by atoms with Gasteiger partial charge in [0.1, 0.15) is 5.75 Å². The lowest BCUT2D eigenvalue weighted by atomic mass is 10.1. The van der Waals surface area contributed by atoms with E-state index in [0.717, 1.165) is 43.4 Å². The van der Waals surface area contributed by atoms with Crippen molar-refractivity contribution in [3.05, 3.63) is 59.2 Å².